The van der Waals surface area contributed by atoms with E-state index in [4.69, 9.17) is 0 Å². The van der Waals surface area contributed by atoms with Gasteiger partial charge in [-0.05, 0) is 30.9 Å². The molecule has 1 aromatic rings. The van der Waals surface area contributed by atoms with Gasteiger partial charge in [0.05, 0.1) is 11.3 Å². The molecule has 2 amide bonds. The lowest BCUT2D eigenvalue weighted by molar-refractivity contribution is -0.117. The fraction of sp³-hybridized carbons (Fsp3) is 0.467. The van der Waals surface area contributed by atoms with E-state index in [9.17, 15) is 9.59 Å². The zero-order chi connectivity index (χ0) is 13.8. The minimum Gasteiger partial charge on any atom is -0.352 e. The lowest BCUT2D eigenvalue weighted by atomic mass is 10.1. The molecule has 2 N–H and O–H groups in total. The van der Waals surface area contributed by atoms with E-state index in [-0.39, 0.29) is 17.7 Å². The highest BCUT2D eigenvalue weighted by molar-refractivity contribution is 6.04. The fourth-order valence-electron chi connectivity index (χ4n) is 1.76. The van der Waals surface area contributed by atoms with Crippen LogP contribution in [0.2, 0.25) is 0 Å². The predicted octanol–water partition coefficient (Wildman–Crippen LogP) is 2.42. The minimum absolute atomic E-state index is 0.0177. The Balaban J connectivity index is 2.06. The number of carbonyl (C=O) groups is 2. The second kappa shape index (κ2) is 5.87. The molecule has 19 heavy (non-hydrogen) atoms. The third kappa shape index (κ3) is 3.81. The Labute approximate surface area is 113 Å². The first-order chi connectivity index (χ1) is 9.08. The molecule has 102 valence electrons. The average Bonchev–Trinajstić information content (AvgIpc) is 3.20. The van der Waals surface area contributed by atoms with Gasteiger partial charge in [0.2, 0.25) is 5.91 Å². The molecule has 0 unspecified atom stereocenters. The Morgan fingerprint density at radius 2 is 1.95 bits per heavy atom. The van der Waals surface area contributed by atoms with Crippen LogP contribution in [0.3, 0.4) is 0 Å². The van der Waals surface area contributed by atoms with E-state index in [0.717, 1.165) is 12.8 Å². The van der Waals surface area contributed by atoms with Crippen LogP contribution in [0.1, 0.15) is 37.0 Å². The number of benzene rings is 1. The Bertz CT molecular complexity index is 479. The van der Waals surface area contributed by atoms with Crippen LogP contribution in [0.15, 0.2) is 24.3 Å². The fourth-order valence-corrected chi connectivity index (χ4v) is 1.76. The van der Waals surface area contributed by atoms with E-state index in [2.05, 4.69) is 10.6 Å². The monoisotopic (exact) mass is 260 g/mol. The molecule has 1 fully saturated rings. The summed E-state index contributed by atoms with van der Waals surface area (Å²) in [7, 11) is 0. The normalized spacial score (nSPS) is 14.3. The molecule has 0 aromatic heterocycles. The van der Waals surface area contributed by atoms with Gasteiger partial charge in [-0.2, -0.15) is 0 Å². The summed E-state index contributed by atoms with van der Waals surface area (Å²) in [5.41, 5.74) is 1.12. The van der Waals surface area contributed by atoms with Crippen LogP contribution in [0, 0.1) is 11.8 Å². The Hall–Kier alpha value is -1.84. The molecular weight excluding hydrogens is 240 g/mol. The molecule has 0 radical (unpaired) electrons. The number of rotatable bonds is 5. The number of anilines is 1. The van der Waals surface area contributed by atoms with E-state index in [1.807, 2.05) is 19.9 Å². The van der Waals surface area contributed by atoms with E-state index in [0.29, 0.717) is 23.7 Å². The van der Waals surface area contributed by atoms with Crippen LogP contribution in [-0.4, -0.2) is 18.4 Å². The lowest BCUT2D eigenvalue weighted by Crippen LogP contribution is -2.28. The van der Waals surface area contributed by atoms with E-state index in [1.165, 1.54) is 0 Å². The van der Waals surface area contributed by atoms with Gasteiger partial charge in [-0.1, -0.05) is 26.0 Å². The third-order valence-electron chi connectivity index (χ3n) is 3.05. The Morgan fingerprint density at radius 1 is 1.26 bits per heavy atom. The van der Waals surface area contributed by atoms with Gasteiger partial charge in [0, 0.05) is 12.5 Å². The van der Waals surface area contributed by atoms with E-state index >= 15 is 0 Å². The van der Waals surface area contributed by atoms with Gasteiger partial charge in [0.25, 0.3) is 5.91 Å². The van der Waals surface area contributed by atoms with Gasteiger partial charge in [-0.25, -0.2) is 0 Å². The van der Waals surface area contributed by atoms with Gasteiger partial charge >= 0.3 is 0 Å². The Morgan fingerprint density at radius 3 is 2.58 bits per heavy atom. The molecular formula is C15H20N2O2. The maximum atomic E-state index is 12.1. The highest BCUT2D eigenvalue weighted by Crippen LogP contribution is 2.30. The standard InChI is InChI=1S/C15H20N2O2/c1-10(2)9-16-15(19)12-5-3-4-6-13(12)17-14(18)11-7-8-11/h3-6,10-11H,7-9H2,1-2H3,(H,16,19)(H,17,18). The molecule has 4 heteroatoms. The number of carbonyl (C=O) groups excluding carboxylic acids is 2. The van der Waals surface area contributed by atoms with Gasteiger partial charge in [0.15, 0.2) is 0 Å². The topological polar surface area (TPSA) is 58.2 Å². The summed E-state index contributed by atoms with van der Waals surface area (Å²) < 4.78 is 0. The first-order valence-electron chi connectivity index (χ1n) is 6.76. The SMILES string of the molecule is CC(C)CNC(=O)c1ccccc1NC(=O)C1CC1. The number of hydrogen-bond acceptors (Lipinski definition) is 2. The summed E-state index contributed by atoms with van der Waals surface area (Å²) in [6.45, 7) is 4.71. The van der Waals surface area contributed by atoms with Gasteiger partial charge in [-0.3, -0.25) is 9.59 Å². The molecule has 0 spiro atoms. The zero-order valence-electron chi connectivity index (χ0n) is 11.4. The Kier molecular flexibility index (Phi) is 4.20. The van der Waals surface area contributed by atoms with Crippen molar-refractivity contribution in [2.75, 3.05) is 11.9 Å². The molecule has 1 aliphatic carbocycles. The molecule has 4 nitrogen and oxygen atoms in total. The predicted molar refractivity (Wildman–Crippen MR) is 75.0 cm³/mol. The van der Waals surface area contributed by atoms with Crippen LogP contribution >= 0.6 is 0 Å². The average molecular weight is 260 g/mol. The van der Waals surface area contributed by atoms with Crippen molar-refractivity contribution in [3.05, 3.63) is 29.8 Å². The highest BCUT2D eigenvalue weighted by Gasteiger charge is 2.30. The molecule has 0 bridgehead atoms. The molecule has 0 atom stereocenters. The maximum Gasteiger partial charge on any atom is 0.253 e. The van der Waals surface area contributed by atoms with Crippen molar-refractivity contribution < 1.29 is 9.59 Å². The van der Waals surface area contributed by atoms with Gasteiger partial charge in [0.1, 0.15) is 0 Å². The number of amides is 2. The number of hydrogen-bond donors (Lipinski definition) is 2. The largest absolute Gasteiger partial charge is 0.352 e. The summed E-state index contributed by atoms with van der Waals surface area (Å²) in [5.74, 6) is 0.411. The molecule has 2 rings (SSSR count). The lowest BCUT2D eigenvalue weighted by Gasteiger charge is -2.12. The first-order valence-corrected chi connectivity index (χ1v) is 6.76. The molecule has 1 saturated carbocycles. The van der Waals surface area contributed by atoms with Gasteiger partial charge in [-0.15, -0.1) is 0 Å². The highest BCUT2D eigenvalue weighted by atomic mass is 16.2. The van der Waals surface area contributed by atoms with E-state index in [1.54, 1.807) is 18.2 Å². The van der Waals surface area contributed by atoms with Crippen molar-refractivity contribution in [1.29, 1.82) is 0 Å². The summed E-state index contributed by atoms with van der Waals surface area (Å²) >= 11 is 0. The minimum atomic E-state index is -0.139. The molecule has 0 saturated heterocycles. The first kappa shape index (κ1) is 13.6. The summed E-state index contributed by atoms with van der Waals surface area (Å²) in [6.07, 6.45) is 1.90. The number of nitrogens with one attached hydrogen (secondary N) is 2. The smallest absolute Gasteiger partial charge is 0.253 e. The second-order valence-corrected chi connectivity index (χ2v) is 5.41. The van der Waals surface area contributed by atoms with Crippen LogP contribution in [0.4, 0.5) is 5.69 Å². The quantitative estimate of drug-likeness (QED) is 0.854. The summed E-state index contributed by atoms with van der Waals surface area (Å²) in [4.78, 5) is 23.8. The molecule has 1 aliphatic rings. The summed E-state index contributed by atoms with van der Waals surface area (Å²) in [6, 6.07) is 7.13. The molecule has 0 aliphatic heterocycles. The van der Waals surface area contributed by atoms with Crippen LogP contribution in [0.25, 0.3) is 0 Å². The number of para-hydroxylation sites is 1. The maximum absolute atomic E-state index is 12.1. The van der Waals surface area contributed by atoms with Crippen molar-refractivity contribution >= 4 is 17.5 Å². The van der Waals surface area contributed by atoms with Crippen LogP contribution < -0.4 is 10.6 Å². The molecule has 1 aromatic carbocycles. The van der Waals surface area contributed by atoms with Crippen LogP contribution in [-0.2, 0) is 4.79 Å². The van der Waals surface area contributed by atoms with Crippen molar-refractivity contribution in [3.63, 3.8) is 0 Å². The summed E-state index contributed by atoms with van der Waals surface area (Å²) in [5, 5.41) is 5.71. The third-order valence-corrected chi connectivity index (χ3v) is 3.05. The van der Waals surface area contributed by atoms with Crippen molar-refractivity contribution in [2.45, 2.75) is 26.7 Å². The van der Waals surface area contributed by atoms with Crippen molar-refractivity contribution in [1.82, 2.24) is 5.32 Å². The van der Waals surface area contributed by atoms with Crippen molar-refractivity contribution in [3.8, 4) is 0 Å². The zero-order valence-corrected chi connectivity index (χ0v) is 11.4. The van der Waals surface area contributed by atoms with E-state index < -0.39 is 0 Å². The van der Waals surface area contributed by atoms with Crippen LogP contribution in [0.5, 0.6) is 0 Å². The van der Waals surface area contributed by atoms with Crippen molar-refractivity contribution in [2.24, 2.45) is 11.8 Å². The molecule has 0 heterocycles. The second-order valence-electron chi connectivity index (χ2n) is 5.41. The van der Waals surface area contributed by atoms with Gasteiger partial charge < -0.3 is 10.6 Å².